The van der Waals surface area contributed by atoms with Crippen LogP contribution in [0, 0.1) is 10.1 Å². The Morgan fingerprint density at radius 3 is 2.32 bits per heavy atom. The molecule has 0 spiro atoms. The van der Waals surface area contributed by atoms with Crippen molar-refractivity contribution in [2.45, 2.75) is 26.6 Å². The molecule has 176 valence electrons. The summed E-state index contributed by atoms with van der Waals surface area (Å²) in [7, 11) is -4.06. The number of hydrogen-bond donors (Lipinski definition) is 0. The molecule has 0 amide bonds. The standard InChI is InChI=1S/C21H13ClF3N3O4S2/c22-14-6-8-15(9-7-14)33-18-10-13(21(23,24)25)11-27-19(18)26-17(20(27)28(29)30)12-34(31,32)16-4-2-1-3-5-16/h1-11H,12H2. The molecule has 34 heavy (non-hydrogen) atoms. The highest BCUT2D eigenvalue weighted by Crippen LogP contribution is 2.39. The zero-order chi connectivity index (χ0) is 24.7. The molecular weight excluding hydrogens is 515 g/mol. The number of alkyl halides is 3. The summed E-state index contributed by atoms with van der Waals surface area (Å²) in [4.78, 5) is 15.4. The van der Waals surface area contributed by atoms with Crippen LogP contribution in [0.4, 0.5) is 19.0 Å². The van der Waals surface area contributed by atoms with Gasteiger partial charge in [0.05, 0.1) is 15.4 Å². The molecule has 0 radical (unpaired) electrons. The van der Waals surface area contributed by atoms with E-state index in [1.807, 2.05) is 0 Å². The smallest absolute Gasteiger partial charge is 0.358 e. The third-order valence-electron chi connectivity index (χ3n) is 4.70. The number of pyridine rings is 1. The van der Waals surface area contributed by atoms with E-state index >= 15 is 0 Å². The summed E-state index contributed by atoms with van der Waals surface area (Å²) in [5.74, 6) is -1.71. The highest BCUT2D eigenvalue weighted by atomic mass is 35.5. The summed E-state index contributed by atoms with van der Waals surface area (Å²) in [5.41, 5.74) is -1.78. The Morgan fingerprint density at radius 2 is 1.74 bits per heavy atom. The van der Waals surface area contributed by atoms with Crippen LogP contribution < -0.4 is 0 Å². The number of benzene rings is 2. The first-order valence-corrected chi connectivity index (χ1v) is 12.3. The maximum absolute atomic E-state index is 13.6. The summed E-state index contributed by atoms with van der Waals surface area (Å²) < 4.78 is 67.1. The SMILES string of the molecule is O=[N+]([O-])c1c(CS(=O)(=O)c2ccccc2)nc2c(Sc3ccc(Cl)cc3)cc(C(F)(F)F)cn12. The Labute approximate surface area is 200 Å². The fraction of sp³-hybridized carbons (Fsp3) is 0.0952. The monoisotopic (exact) mass is 527 g/mol. The number of rotatable bonds is 6. The quantitative estimate of drug-likeness (QED) is 0.224. The molecule has 0 aliphatic heterocycles. The van der Waals surface area contributed by atoms with Gasteiger partial charge in [-0.3, -0.25) is 0 Å². The molecular formula is C21H13ClF3N3O4S2. The number of imidazole rings is 1. The second-order valence-electron chi connectivity index (χ2n) is 7.05. The van der Waals surface area contributed by atoms with E-state index in [1.165, 1.54) is 24.3 Å². The van der Waals surface area contributed by atoms with Gasteiger partial charge in [0.25, 0.3) is 0 Å². The highest BCUT2D eigenvalue weighted by Gasteiger charge is 2.36. The highest BCUT2D eigenvalue weighted by molar-refractivity contribution is 7.99. The van der Waals surface area contributed by atoms with Crippen molar-refractivity contribution >= 4 is 44.7 Å². The van der Waals surface area contributed by atoms with E-state index in [0.717, 1.165) is 17.8 Å². The Bertz CT molecular complexity index is 1490. The molecule has 2 aromatic heterocycles. The number of hydrogen-bond acceptors (Lipinski definition) is 6. The largest absolute Gasteiger partial charge is 0.419 e. The zero-order valence-corrected chi connectivity index (χ0v) is 19.2. The van der Waals surface area contributed by atoms with Crippen molar-refractivity contribution in [3.05, 3.63) is 93.3 Å². The topological polar surface area (TPSA) is 94.6 Å². The van der Waals surface area contributed by atoms with Crippen molar-refractivity contribution in [1.82, 2.24) is 9.38 Å². The maximum atomic E-state index is 13.6. The van der Waals surface area contributed by atoms with Crippen LogP contribution in [0.25, 0.3) is 5.65 Å². The molecule has 0 bridgehead atoms. The normalized spacial score (nSPS) is 12.2. The molecule has 2 aromatic carbocycles. The first-order valence-electron chi connectivity index (χ1n) is 9.43. The lowest BCUT2D eigenvalue weighted by atomic mass is 10.3. The van der Waals surface area contributed by atoms with Crippen LogP contribution in [-0.2, 0) is 21.8 Å². The average Bonchev–Trinajstić information content (AvgIpc) is 3.13. The lowest BCUT2D eigenvalue weighted by Gasteiger charge is -2.08. The fourth-order valence-corrected chi connectivity index (χ4v) is 5.56. The lowest BCUT2D eigenvalue weighted by Crippen LogP contribution is -2.09. The van der Waals surface area contributed by atoms with E-state index in [9.17, 15) is 31.7 Å². The van der Waals surface area contributed by atoms with E-state index < -0.39 is 43.8 Å². The molecule has 0 aliphatic carbocycles. The van der Waals surface area contributed by atoms with E-state index in [4.69, 9.17) is 11.6 Å². The maximum Gasteiger partial charge on any atom is 0.419 e. The number of fused-ring (bicyclic) bond motifs is 1. The molecule has 4 rings (SSSR count). The summed E-state index contributed by atoms with van der Waals surface area (Å²) in [6.45, 7) is 0. The molecule has 2 heterocycles. The molecule has 13 heteroatoms. The Morgan fingerprint density at radius 1 is 1.09 bits per heavy atom. The second-order valence-corrected chi connectivity index (χ2v) is 10.6. The molecule has 4 aromatic rings. The second kappa shape index (κ2) is 8.93. The summed E-state index contributed by atoms with van der Waals surface area (Å²) in [6, 6.07) is 14.3. The molecule has 0 saturated carbocycles. The van der Waals surface area contributed by atoms with Gasteiger partial charge >= 0.3 is 12.0 Å². The van der Waals surface area contributed by atoms with Crippen molar-refractivity contribution in [2.24, 2.45) is 0 Å². The third-order valence-corrected chi connectivity index (χ3v) is 7.63. The minimum Gasteiger partial charge on any atom is -0.358 e. The van der Waals surface area contributed by atoms with Gasteiger partial charge in [-0.05, 0) is 47.4 Å². The average molecular weight is 528 g/mol. The Balaban J connectivity index is 1.91. The van der Waals surface area contributed by atoms with Crippen LogP contribution in [0.15, 0.2) is 81.5 Å². The number of halogens is 4. The minimum absolute atomic E-state index is 0.0383. The van der Waals surface area contributed by atoms with Crippen molar-refractivity contribution in [3.63, 3.8) is 0 Å². The summed E-state index contributed by atoms with van der Waals surface area (Å²) >= 11 is 6.75. The molecule has 7 nitrogen and oxygen atoms in total. The third kappa shape index (κ3) is 4.88. The molecule has 0 N–H and O–H groups in total. The molecule has 0 aliphatic rings. The van der Waals surface area contributed by atoms with E-state index in [1.54, 1.807) is 30.3 Å². The number of sulfone groups is 1. The van der Waals surface area contributed by atoms with Gasteiger partial charge in [-0.2, -0.15) is 17.6 Å². The van der Waals surface area contributed by atoms with Crippen LogP contribution in [0.2, 0.25) is 5.02 Å². The van der Waals surface area contributed by atoms with Gasteiger partial charge in [0, 0.05) is 9.92 Å². The van der Waals surface area contributed by atoms with E-state index in [0.29, 0.717) is 20.5 Å². The first kappa shape index (κ1) is 24.0. The van der Waals surface area contributed by atoms with Crippen LogP contribution in [0.5, 0.6) is 0 Å². The van der Waals surface area contributed by atoms with Gasteiger partial charge in [0.2, 0.25) is 5.65 Å². The van der Waals surface area contributed by atoms with E-state index in [2.05, 4.69) is 4.98 Å². The molecule has 0 unspecified atom stereocenters. The van der Waals surface area contributed by atoms with Crippen LogP contribution in [0.3, 0.4) is 0 Å². The first-order chi connectivity index (χ1) is 16.0. The Kier molecular flexibility index (Phi) is 6.32. The van der Waals surface area contributed by atoms with E-state index in [-0.39, 0.29) is 15.4 Å². The van der Waals surface area contributed by atoms with Gasteiger partial charge < -0.3 is 10.1 Å². The fourth-order valence-electron chi connectivity index (χ4n) is 3.19. The predicted molar refractivity (Wildman–Crippen MR) is 120 cm³/mol. The minimum atomic E-state index is -4.81. The molecule has 0 atom stereocenters. The van der Waals surface area contributed by atoms with Gasteiger partial charge in [-0.15, -0.1) is 0 Å². The predicted octanol–water partition coefficient (Wildman–Crippen LogP) is 6.04. The van der Waals surface area contributed by atoms with Crippen molar-refractivity contribution in [1.29, 1.82) is 0 Å². The number of aromatic nitrogens is 2. The lowest BCUT2D eigenvalue weighted by molar-refractivity contribution is -0.391. The number of nitro groups is 1. The van der Waals surface area contributed by atoms with Crippen molar-refractivity contribution in [2.75, 3.05) is 0 Å². The van der Waals surface area contributed by atoms with Crippen LogP contribution in [0.1, 0.15) is 11.3 Å². The molecule has 0 saturated heterocycles. The van der Waals surface area contributed by atoms with Crippen LogP contribution >= 0.6 is 23.4 Å². The van der Waals surface area contributed by atoms with Gasteiger partial charge in [0.1, 0.15) is 11.9 Å². The van der Waals surface area contributed by atoms with Crippen molar-refractivity contribution in [3.8, 4) is 0 Å². The van der Waals surface area contributed by atoms with Gasteiger partial charge in [-0.25, -0.2) is 13.4 Å². The summed E-state index contributed by atoms with van der Waals surface area (Å²) in [6.07, 6.45) is -4.26. The number of nitrogens with zero attached hydrogens (tertiary/aromatic N) is 3. The van der Waals surface area contributed by atoms with Gasteiger partial charge in [-0.1, -0.05) is 41.6 Å². The molecule has 0 fully saturated rings. The van der Waals surface area contributed by atoms with Crippen molar-refractivity contribution < 1.29 is 26.5 Å². The zero-order valence-electron chi connectivity index (χ0n) is 16.9. The van der Waals surface area contributed by atoms with Crippen LogP contribution in [-0.4, -0.2) is 22.7 Å². The van der Waals surface area contributed by atoms with Gasteiger partial charge in [0.15, 0.2) is 15.5 Å². The summed E-state index contributed by atoms with van der Waals surface area (Å²) in [5, 5.41) is 12.3. The Hall–Kier alpha value is -3.09.